The van der Waals surface area contributed by atoms with Gasteiger partial charge in [0.2, 0.25) is 5.95 Å². The fourth-order valence-corrected chi connectivity index (χ4v) is 3.70. The molecule has 0 aliphatic rings. The summed E-state index contributed by atoms with van der Waals surface area (Å²) in [5.41, 5.74) is 2.42. The van der Waals surface area contributed by atoms with Gasteiger partial charge < -0.3 is 14.6 Å². The first-order chi connectivity index (χ1) is 17.4. The molecular weight excluding hydrogens is 475 g/mol. The van der Waals surface area contributed by atoms with Crippen LogP contribution in [0, 0.1) is 5.95 Å². The Morgan fingerprint density at radius 1 is 1.11 bits per heavy atom. The molecule has 0 radical (unpaired) electrons. The minimum atomic E-state index is -2.60. The molecule has 1 amide bonds. The molecule has 0 bridgehead atoms. The van der Waals surface area contributed by atoms with Gasteiger partial charge in [0.1, 0.15) is 11.4 Å². The SMILES string of the molecule is COc1ccc(-c2ncn(CC(F)F)c2-c2ccc3nc(NC(=O)c4ccnc(F)c4)cn3n2)cc1. The summed E-state index contributed by atoms with van der Waals surface area (Å²) in [6.07, 6.45) is 1.40. The second kappa shape index (κ2) is 9.49. The summed E-state index contributed by atoms with van der Waals surface area (Å²) in [5, 5.41) is 7.10. The quantitative estimate of drug-likeness (QED) is 0.339. The highest BCUT2D eigenvalue weighted by molar-refractivity contribution is 6.03. The maximum absolute atomic E-state index is 13.3. The first kappa shape index (κ1) is 23.0. The number of aromatic nitrogens is 6. The Morgan fingerprint density at radius 2 is 1.92 bits per heavy atom. The summed E-state index contributed by atoms with van der Waals surface area (Å²) in [6.45, 7) is -0.564. The zero-order valence-corrected chi connectivity index (χ0v) is 18.8. The molecule has 1 aromatic carbocycles. The van der Waals surface area contributed by atoms with Crippen molar-refractivity contribution < 1.29 is 22.7 Å². The van der Waals surface area contributed by atoms with Crippen molar-refractivity contribution in [2.45, 2.75) is 13.0 Å². The molecule has 0 saturated carbocycles. The molecule has 36 heavy (non-hydrogen) atoms. The van der Waals surface area contributed by atoms with E-state index in [1.807, 2.05) is 0 Å². The lowest BCUT2D eigenvalue weighted by Crippen LogP contribution is -2.12. The monoisotopic (exact) mass is 493 g/mol. The molecule has 4 aromatic heterocycles. The predicted molar refractivity (Wildman–Crippen MR) is 124 cm³/mol. The van der Waals surface area contributed by atoms with E-state index in [1.54, 1.807) is 43.5 Å². The summed E-state index contributed by atoms with van der Waals surface area (Å²) in [5.74, 6) is -0.526. The molecule has 0 saturated heterocycles. The highest BCUT2D eigenvalue weighted by Gasteiger charge is 2.20. The smallest absolute Gasteiger partial charge is 0.257 e. The number of fused-ring (bicyclic) bond motifs is 1. The minimum Gasteiger partial charge on any atom is -0.497 e. The average molecular weight is 493 g/mol. The van der Waals surface area contributed by atoms with Crippen LogP contribution >= 0.6 is 0 Å². The number of alkyl halides is 2. The number of pyridine rings is 1. The highest BCUT2D eigenvalue weighted by atomic mass is 19.3. The van der Waals surface area contributed by atoms with E-state index in [4.69, 9.17) is 4.74 Å². The number of carbonyl (C=O) groups is 1. The first-order valence-electron chi connectivity index (χ1n) is 10.7. The molecule has 182 valence electrons. The summed E-state index contributed by atoms with van der Waals surface area (Å²) in [4.78, 5) is 24.5. The van der Waals surface area contributed by atoms with Crippen LogP contribution in [0.5, 0.6) is 5.75 Å². The van der Waals surface area contributed by atoms with E-state index in [0.29, 0.717) is 34.0 Å². The number of imidazole rings is 2. The summed E-state index contributed by atoms with van der Waals surface area (Å²) >= 11 is 0. The van der Waals surface area contributed by atoms with Crippen molar-refractivity contribution in [3.05, 3.63) is 78.8 Å². The number of rotatable bonds is 7. The van der Waals surface area contributed by atoms with Crippen molar-refractivity contribution in [3.63, 3.8) is 0 Å². The van der Waals surface area contributed by atoms with Crippen LogP contribution in [0.1, 0.15) is 10.4 Å². The van der Waals surface area contributed by atoms with Gasteiger partial charge in [0.05, 0.1) is 37.6 Å². The second-order valence-electron chi connectivity index (χ2n) is 7.68. The van der Waals surface area contributed by atoms with Crippen LogP contribution in [0.2, 0.25) is 0 Å². The van der Waals surface area contributed by atoms with Crippen molar-refractivity contribution >= 4 is 17.4 Å². The minimum absolute atomic E-state index is 0.0771. The summed E-state index contributed by atoms with van der Waals surface area (Å²) in [6, 6.07) is 12.7. The van der Waals surface area contributed by atoms with Gasteiger partial charge in [0, 0.05) is 23.4 Å². The maximum atomic E-state index is 13.3. The molecule has 0 atom stereocenters. The van der Waals surface area contributed by atoms with Crippen LogP contribution in [0.4, 0.5) is 19.0 Å². The van der Waals surface area contributed by atoms with Gasteiger partial charge in [-0.3, -0.25) is 4.79 Å². The van der Waals surface area contributed by atoms with Crippen LogP contribution in [0.15, 0.2) is 67.3 Å². The maximum Gasteiger partial charge on any atom is 0.257 e. The number of anilines is 1. The lowest BCUT2D eigenvalue weighted by Gasteiger charge is -2.10. The zero-order valence-electron chi connectivity index (χ0n) is 18.8. The average Bonchev–Trinajstić information content (AvgIpc) is 3.46. The molecule has 0 spiro atoms. The third-order valence-corrected chi connectivity index (χ3v) is 5.33. The van der Waals surface area contributed by atoms with E-state index in [9.17, 15) is 18.0 Å². The van der Waals surface area contributed by atoms with Crippen molar-refractivity contribution in [2.24, 2.45) is 0 Å². The number of ether oxygens (including phenoxy) is 1. The third-order valence-electron chi connectivity index (χ3n) is 5.33. The van der Waals surface area contributed by atoms with Gasteiger partial charge in [-0.15, -0.1) is 0 Å². The predicted octanol–water partition coefficient (Wildman–Crippen LogP) is 4.32. The van der Waals surface area contributed by atoms with Gasteiger partial charge in [-0.25, -0.2) is 28.2 Å². The Labute approximate surface area is 202 Å². The Morgan fingerprint density at radius 3 is 2.64 bits per heavy atom. The number of hydrogen-bond acceptors (Lipinski definition) is 6. The molecule has 9 nitrogen and oxygen atoms in total. The van der Waals surface area contributed by atoms with Crippen molar-refractivity contribution in [1.82, 2.24) is 29.1 Å². The molecule has 0 unspecified atom stereocenters. The number of nitrogens with zero attached hydrogens (tertiary/aromatic N) is 6. The number of methoxy groups -OCH3 is 1. The lowest BCUT2D eigenvalue weighted by molar-refractivity contribution is 0.102. The fraction of sp³-hybridized carbons (Fsp3) is 0.125. The Hall–Kier alpha value is -4.74. The highest BCUT2D eigenvalue weighted by Crippen LogP contribution is 2.32. The number of hydrogen-bond donors (Lipinski definition) is 1. The van der Waals surface area contributed by atoms with Crippen molar-refractivity contribution in [1.29, 1.82) is 0 Å². The molecule has 4 heterocycles. The summed E-state index contributed by atoms with van der Waals surface area (Å²) < 4.78 is 47.9. The zero-order chi connectivity index (χ0) is 25.2. The van der Waals surface area contributed by atoms with Crippen LogP contribution in [-0.2, 0) is 6.54 Å². The van der Waals surface area contributed by atoms with Gasteiger partial charge >= 0.3 is 0 Å². The molecule has 5 aromatic rings. The van der Waals surface area contributed by atoms with E-state index >= 15 is 0 Å². The van der Waals surface area contributed by atoms with Crippen LogP contribution in [0.25, 0.3) is 28.3 Å². The van der Waals surface area contributed by atoms with Crippen LogP contribution in [0.3, 0.4) is 0 Å². The van der Waals surface area contributed by atoms with Gasteiger partial charge in [-0.05, 0) is 42.5 Å². The molecule has 1 N–H and O–H groups in total. The Kier molecular flexibility index (Phi) is 6.07. The van der Waals surface area contributed by atoms with Gasteiger partial charge in [-0.1, -0.05) is 0 Å². The Bertz CT molecular complexity index is 1550. The van der Waals surface area contributed by atoms with Crippen molar-refractivity contribution in [2.75, 3.05) is 12.4 Å². The number of halogens is 3. The molecule has 0 aliphatic heterocycles. The van der Waals surface area contributed by atoms with E-state index in [-0.39, 0.29) is 11.4 Å². The van der Waals surface area contributed by atoms with Crippen LogP contribution < -0.4 is 10.1 Å². The second-order valence-corrected chi connectivity index (χ2v) is 7.68. The van der Waals surface area contributed by atoms with E-state index in [1.165, 1.54) is 33.9 Å². The summed E-state index contributed by atoms with van der Waals surface area (Å²) in [7, 11) is 1.55. The Balaban J connectivity index is 1.51. The molecular formula is C24H18F3N7O2. The number of carbonyl (C=O) groups excluding carboxylic acids is 1. The fourth-order valence-electron chi connectivity index (χ4n) is 3.70. The third kappa shape index (κ3) is 4.60. The molecule has 0 fully saturated rings. The number of benzene rings is 1. The number of nitrogens with one attached hydrogen (secondary N) is 1. The molecule has 12 heteroatoms. The topological polar surface area (TPSA) is 99.2 Å². The van der Waals surface area contributed by atoms with Crippen LogP contribution in [-0.4, -0.2) is 48.6 Å². The van der Waals surface area contributed by atoms with E-state index in [0.717, 1.165) is 6.07 Å². The van der Waals surface area contributed by atoms with Gasteiger partial charge in [0.25, 0.3) is 12.3 Å². The first-order valence-corrected chi connectivity index (χ1v) is 10.7. The normalized spacial score (nSPS) is 11.2. The molecule has 5 rings (SSSR count). The number of amides is 1. The standard InChI is InChI=1S/C24H18F3N7O2/c1-36-16-4-2-14(3-5-16)22-23(33(13-29-22)11-18(25)26)17-6-7-21-30-20(12-34(21)32-17)31-24(35)15-8-9-28-19(27)10-15/h2-10,12-13,18H,11H2,1H3,(H,31,35). The molecule has 0 aliphatic carbocycles. The van der Waals surface area contributed by atoms with E-state index < -0.39 is 24.8 Å². The van der Waals surface area contributed by atoms with Gasteiger partial charge in [-0.2, -0.15) is 9.49 Å². The van der Waals surface area contributed by atoms with Gasteiger partial charge in [0.15, 0.2) is 11.5 Å². The lowest BCUT2D eigenvalue weighted by atomic mass is 10.1. The van der Waals surface area contributed by atoms with E-state index in [2.05, 4.69) is 25.4 Å². The largest absolute Gasteiger partial charge is 0.497 e. The van der Waals surface area contributed by atoms with Crippen molar-refractivity contribution in [3.8, 4) is 28.4 Å².